The zero-order valence-electron chi connectivity index (χ0n) is 18.3. The molecule has 1 fully saturated rings. The number of nitrogens with zero attached hydrogens (tertiary/aromatic N) is 4. The molecule has 0 unspecified atom stereocenters. The molecule has 35 heavy (non-hydrogen) atoms. The highest BCUT2D eigenvalue weighted by Gasteiger charge is 2.37. The van der Waals surface area contributed by atoms with Crippen LogP contribution in [0.4, 0.5) is 18.9 Å². The third kappa shape index (κ3) is 4.14. The van der Waals surface area contributed by atoms with Crippen molar-refractivity contribution in [3.8, 4) is 0 Å². The number of ketones is 1. The molecule has 178 valence electrons. The van der Waals surface area contributed by atoms with E-state index in [0.717, 1.165) is 18.2 Å². The molecule has 4 heterocycles. The third-order valence-corrected chi connectivity index (χ3v) is 5.83. The Labute approximate surface area is 196 Å². The predicted octanol–water partition coefficient (Wildman–Crippen LogP) is 4.07. The minimum atomic E-state index is -4.57. The maximum Gasteiger partial charge on any atom is 0.416 e. The lowest BCUT2D eigenvalue weighted by Crippen LogP contribution is -2.48. The number of hydrogen-bond donors (Lipinski definition) is 1. The number of halogens is 3. The zero-order valence-corrected chi connectivity index (χ0v) is 18.3. The number of nitrogens with one attached hydrogen (secondary N) is 1. The number of rotatable bonds is 5. The Bertz CT molecular complexity index is 1460. The molecule has 1 aliphatic rings. The Morgan fingerprint density at radius 1 is 1.09 bits per heavy atom. The summed E-state index contributed by atoms with van der Waals surface area (Å²) in [5.74, 6) is -1.12. The van der Waals surface area contributed by atoms with Crippen LogP contribution in [0.15, 0.2) is 61.4 Å². The Morgan fingerprint density at radius 2 is 1.89 bits per heavy atom. The van der Waals surface area contributed by atoms with Gasteiger partial charge in [-0.25, -0.2) is 9.97 Å². The van der Waals surface area contributed by atoms with Crippen LogP contribution in [0.1, 0.15) is 38.8 Å². The summed E-state index contributed by atoms with van der Waals surface area (Å²) in [5.41, 5.74) is -0.149. The van der Waals surface area contributed by atoms with Crippen LogP contribution in [-0.2, 0) is 16.5 Å². The fourth-order valence-corrected chi connectivity index (χ4v) is 3.92. The largest absolute Gasteiger partial charge is 0.416 e. The van der Waals surface area contributed by atoms with Gasteiger partial charge in [0.2, 0.25) is 0 Å². The molecule has 0 radical (unpaired) electrons. The molecule has 4 aromatic rings. The smallest absolute Gasteiger partial charge is 0.376 e. The van der Waals surface area contributed by atoms with E-state index in [1.165, 1.54) is 30.9 Å². The summed E-state index contributed by atoms with van der Waals surface area (Å²) in [5, 5.41) is 3.06. The monoisotopic (exact) mass is 481 g/mol. The number of carbonyl (C=O) groups is 2. The van der Waals surface area contributed by atoms with Crippen LogP contribution in [-0.4, -0.2) is 44.4 Å². The Balaban J connectivity index is 1.44. The topological polar surface area (TPSA) is 99.0 Å². The van der Waals surface area contributed by atoms with Gasteiger partial charge in [0, 0.05) is 35.1 Å². The summed E-state index contributed by atoms with van der Waals surface area (Å²) < 4.78 is 46.2. The van der Waals surface area contributed by atoms with Crippen molar-refractivity contribution in [3.63, 3.8) is 0 Å². The van der Waals surface area contributed by atoms with E-state index in [4.69, 9.17) is 4.74 Å². The molecule has 1 aliphatic heterocycles. The van der Waals surface area contributed by atoms with Gasteiger partial charge in [-0.15, -0.1) is 0 Å². The van der Waals surface area contributed by atoms with Crippen LogP contribution >= 0.6 is 0 Å². The third-order valence-electron chi connectivity index (χ3n) is 5.83. The van der Waals surface area contributed by atoms with E-state index in [-0.39, 0.29) is 28.1 Å². The summed E-state index contributed by atoms with van der Waals surface area (Å²) in [6.45, 7) is 2.96. The van der Waals surface area contributed by atoms with Crippen molar-refractivity contribution in [1.82, 2.24) is 19.5 Å². The van der Waals surface area contributed by atoms with Gasteiger partial charge in [-0.3, -0.25) is 14.6 Å². The number of carbonyl (C=O) groups excluding carboxylic acids is 2. The van der Waals surface area contributed by atoms with Gasteiger partial charge >= 0.3 is 6.18 Å². The molecule has 0 bridgehead atoms. The van der Waals surface area contributed by atoms with E-state index in [1.807, 2.05) is 11.5 Å². The van der Waals surface area contributed by atoms with E-state index < -0.39 is 17.6 Å². The van der Waals surface area contributed by atoms with Crippen molar-refractivity contribution in [2.75, 3.05) is 18.5 Å². The molecule has 3 aromatic heterocycles. The highest BCUT2D eigenvalue weighted by atomic mass is 19.4. The van der Waals surface area contributed by atoms with Gasteiger partial charge in [0.15, 0.2) is 5.78 Å². The molecule has 11 heteroatoms. The highest BCUT2D eigenvalue weighted by Crippen LogP contribution is 2.33. The number of benzene rings is 1. The molecule has 5 rings (SSSR count). The molecule has 0 spiro atoms. The average Bonchev–Trinajstić information content (AvgIpc) is 3.22. The minimum absolute atomic E-state index is 0.164. The second kappa shape index (κ2) is 8.27. The van der Waals surface area contributed by atoms with E-state index in [9.17, 15) is 22.8 Å². The maximum atomic E-state index is 13.4. The van der Waals surface area contributed by atoms with Crippen LogP contribution in [0.25, 0.3) is 11.0 Å². The molecule has 8 nitrogen and oxygen atoms in total. The first-order valence-corrected chi connectivity index (χ1v) is 10.5. The van der Waals surface area contributed by atoms with E-state index in [1.54, 1.807) is 12.4 Å². The molecule has 0 saturated carbocycles. The van der Waals surface area contributed by atoms with Gasteiger partial charge in [-0.05, 0) is 31.2 Å². The summed E-state index contributed by atoms with van der Waals surface area (Å²) in [4.78, 5) is 38.3. The van der Waals surface area contributed by atoms with Gasteiger partial charge in [-0.1, -0.05) is 6.07 Å². The summed E-state index contributed by atoms with van der Waals surface area (Å²) in [7, 11) is 0. The molecule has 1 amide bonds. The SMILES string of the molecule is CC1(n2cc(C(=O)c3cncc(NC(=O)c4cccc(C(F)(F)F)c4)c3)c3cncnc32)COC1. The van der Waals surface area contributed by atoms with E-state index in [2.05, 4.69) is 20.3 Å². The molecule has 1 aromatic carbocycles. The van der Waals surface area contributed by atoms with Crippen molar-refractivity contribution >= 4 is 28.4 Å². The van der Waals surface area contributed by atoms with Gasteiger partial charge in [-0.2, -0.15) is 13.2 Å². The van der Waals surface area contributed by atoms with Crippen molar-refractivity contribution in [2.45, 2.75) is 18.6 Å². The predicted molar refractivity (Wildman–Crippen MR) is 119 cm³/mol. The number of alkyl halides is 3. The molecule has 1 N–H and O–H groups in total. The summed E-state index contributed by atoms with van der Waals surface area (Å²) in [6.07, 6.45) is 2.75. The maximum absolute atomic E-state index is 13.4. The number of ether oxygens (including phenoxy) is 1. The Morgan fingerprint density at radius 3 is 2.60 bits per heavy atom. The van der Waals surface area contributed by atoms with Crippen LogP contribution in [0, 0.1) is 0 Å². The Kier molecular flexibility index (Phi) is 5.36. The molecule has 1 saturated heterocycles. The number of amides is 1. The van der Waals surface area contributed by atoms with Crippen molar-refractivity contribution in [1.29, 1.82) is 0 Å². The summed E-state index contributed by atoms with van der Waals surface area (Å²) in [6, 6.07) is 5.49. The van der Waals surface area contributed by atoms with Gasteiger partial charge < -0.3 is 14.6 Å². The standard InChI is InChI=1S/C24H18F3N5O3/c1-23(11-35-12-23)32-10-19(18-9-29-13-30-21(18)32)20(33)15-6-17(8-28-7-15)31-22(34)14-3-2-4-16(5-14)24(25,26)27/h2-10,13H,11-12H2,1H3,(H,31,34). The van der Waals surface area contributed by atoms with Crippen LogP contribution in [0.2, 0.25) is 0 Å². The van der Waals surface area contributed by atoms with Crippen LogP contribution in [0.3, 0.4) is 0 Å². The lowest BCUT2D eigenvalue weighted by molar-refractivity contribution is -0.137. The lowest BCUT2D eigenvalue weighted by Gasteiger charge is -2.39. The van der Waals surface area contributed by atoms with Gasteiger partial charge in [0.05, 0.1) is 41.8 Å². The second-order valence-electron chi connectivity index (χ2n) is 8.49. The first kappa shape index (κ1) is 22.7. The highest BCUT2D eigenvalue weighted by molar-refractivity contribution is 6.16. The first-order valence-electron chi connectivity index (χ1n) is 10.5. The number of aromatic nitrogens is 4. The minimum Gasteiger partial charge on any atom is -0.376 e. The molecular weight excluding hydrogens is 463 g/mol. The van der Waals surface area contributed by atoms with Crippen molar-refractivity contribution in [2.24, 2.45) is 0 Å². The fourth-order valence-electron chi connectivity index (χ4n) is 3.92. The normalized spacial score (nSPS) is 15.0. The number of pyridine rings is 1. The number of hydrogen-bond acceptors (Lipinski definition) is 6. The number of fused-ring (bicyclic) bond motifs is 1. The first-order chi connectivity index (χ1) is 16.7. The van der Waals surface area contributed by atoms with E-state index in [0.29, 0.717) is 29.8 Å². The van der Waals surface area contributed by atoms with Crippen LogP contribution in [0.5, 0.6) is 0 Å². The van der Waals surface area contributed by atoms with E-state index >= 15 is 0 Å². The molecule has 0 aliphatic carbocycles. The average molecular weight is 481 g/mol. The zero-order chi connectivity index (χ0) is 24.8. The van der Waals surface area contributed by atoms with Crippen molar-refractivity contribution in [3.05, 3.63) is 83.7 Å². The fraction of sp³-hybridized carbons (Fsp3) is 0.208. The second-order valence-corrected chi connectivity index (χ2v) is 8.49. The van der Waals surface area contributed by atoms with Crippen molar-refractivity contribution < 1.29 is 27.5 Å². The molecule has 0 atom stereocenters. The molecular formula is C24H18F3N5O3. The van der Waals surface area contributed by atoms with Gasteiger partial charge in [0.1, 0.15) is 12.0 Å². The Hall–Kier alpha value is -4.12. The van der Waals surface area contributed by atoms with Crippen LogP contribution < -0.4 is 5.32 Å². The van der Waals surface area contributed by atoms with Gasteiger partial charge in [0.25, 0.3) is 5.91 Å². The lowest BCUT2D eigenvalue weighted by atomic mass is 10.0. The summed E-state index contributed by atoms with van der Waals surface area (Å²) >= 11 is 0. The quantitative estimate of drug-likeness (QED) is 0.432. The number of anilines is 1.